The molecular formula is C16H27N3O. The number of nitrogens with zero attached hydrogens (tertiary/aromatic N) is 2. The molecule has 1 aliphatic carbocycles. The zero-order valence-electron chi connectivity index (χ0n) is 13.3. The maximum Gasteiger partial charge on any atom is 0.133 e. The van der Waals surface area contributed by atoms with Crippen LogP contribution < -0.4 is 5.32 Å². The molecule has 112 valence electrons. The van der Waals surface area contributed by atoms with Crippen molar-refractivity contribution in [3.8, 4) is 0 Å². The van der Waals surface area contributed by atoms with E-state index in [1.807, 2.05) is 0 Å². The van der Waals surface area contributed by atoms with Crippen LogP contribution in [-0.4, -0.2) is 29.2 Å². The van der Waals surface area contributed by atoms with Gasteiger partial charge in [0.25, 0.3) is 0 Å². The number of hydrogen-bond acceptors (Lipinski definition) is 4. The fourth-order valence-corrected chi connectivity index (χ4v) is 2.61. The lowest BCUT2D eigenvalue weighted by atomic mass is 10.1. The molecule has 4 heteroatoms. The Morgan fingerprint density at radius 2 is 1.90 bits per heavy atom. The zero-order valence-corrected chi connectivity index (χ0v) is 13.3. The molecule has 1 aromatic rings. The molecular weight excluding hydrogens is 250 g/mol. The highest BCUT2D eigenvalue weighted by atomic mass is 16.5. The number of hydrogen-bond donors (Lipinski definition) is 1. The highest BCUT2D eigenvalue weighted by Gasteiger charge is 2.25. The highest BCUT2D eigenvalue weighted by molar-refractivity contribution is 5.38. The van der Waals surface area contributed by atoms with Crippen LogP contribution in [0.15, 0.2) is 6.07 Å². The van der Waals surface area contributed by atoms with Gasteiger partial charge in [0, 0.05) is 30.8 Å². The van der Waals surface area contributed by atoms with Gasteiger partial charge in [-0.25, -0.2) is 9.97 Å². The Kier molecular flexibility index (Phi) is 4.97. The first-order valence-electron chi connectivity index (χ1n) is 7.67. The van der Waals surface area contributed by atoms with E-state index in [9.17, 15) is 0 Å². The average Bonchev–Trinajstić information content (AvgIpc) is 2.85. The van der Waals surface area contributed by atoms with Crippen LogP contribution in [0.2, 0.25) is 0 Å². The second kappa shape index (κ2) is 6.53. The van der Waals surface area contributed by atoms with Crippen molar-refractivity contribution >= 4 is 5.82 Å². The molecule has 2 rings (SSSR count). The summed E-state index contributed by atoms with van der Waals surface area (Å²) in [6, 6.07) is 2.56. The van der Waals surface area contributed by atoms with E-state index in [0.29, 0.717) is 24.0 Å². The second-order valence-corrected chi connectivity index (χ2v) is 6.36. The number of nitrogens with one attached hydrogen (secondary N) is 1. The summed E-state index contributed by atoms with van der Waals surface area (Å²) in [5.41, 5.74) is 1.12. The van der Waals surface area contributed by atoms with Gasteiger partial charge in [-0.15, -0.1) is 0 Å². The second-order valence-electron chi connectivity index (χ2n) is 6.36. The Morgan fingerprint density at radius 1 is 1.15 bits per heavy atom. The van der Waals surface area contributed by atoms with Crippen LogP contribution in [-0.2, 0) is 4.74 Å². The molecule has 1 N–H and O–H groups in total. The quantitative estimate of drug-likeness (QED) is 0.891. The van der Waals surface area contributed by atoms with Crippen LogP contribution in [0.5, 0.6) is 0 Å². The number of anilines is 1. The predicted octanol–water partition coefficient (Wildman–Crippen LogP) is 3.70. The smallest absolute Gasteiger partial charge is 0.133 e. The molecule has 1 heterocycles. The molecule has 1 aliphatic rings. The van der Waals surface area contributed by atoms with Crippen molar-refractivity contribution in [3.63, 3.8) is 0 Å². The molecule has 0 spiro atoms. The normalized spacial score (nSPS) is 22.8. The van der Waals surface area contributed by atoms with Crippen molar-refractivity contribution < 1.29 is 4.74 Å². The van der Waals surface area contributed by atoms with Crippen LogP contribution in [0.4, 0.5) is 5.82 Å². The Hall–Kier alpha value is -1.16. The number of aromatic nitrogens is 2. The van der Waals surface area contributed by atoms with E-state index in [1.165, 1.54) is 0 Å². The van der Waals surface area contributed by atoms with Gasteiger partial charge in [0.2, 0.25) is 0 Å². The van der Waals surface area contributed by atoms with E-state index in [0.717, 1.165) is 36.6 Å². The zero-order chi connectivity index (χ0) is 14.7. The number of methoxy groups -OCH3 is 1. The summed E-state index contributed by atoms with van der Waals surface area (Å²) in [7, 11) is 1.80. The van der Waals surface area contributed by atoms with Gasteiger partial charge in [-0.1, -0.05) is 27.7 Å². The van der Waals surface area contributed by atoms with Crippen molar-refractivity contribution in [1.29, 1.82) is 0 Å². The Balaban J connectivity index is 2.14. The van der Waals surface area contributed by atoms with Crippen molar-refractivity contribution in [1.82, 2.24) is 9.97 Å². The number of ether oxygens (including phenoxy) is 1. The third-order valence-electron chi connectivity index (χ3n) is 3.94. The van der Waals surface area contributed by atoms with Gasteiger partial charge < -0.3 is 10.1 Å². The summed E-state index contributed by atoms with van der Waals surface area (Å²) in [5, 5.41) is 3.56. The maximum absolute atomic E-state index is 5.43. The van der Waals surface area contributed by atoms with E-state index in [2.05, 4.69) is 49.0 Å². The summed E-state index contributed by atoms with van der Waals surface area (Å²) >= 11 is 0. The Labute approximate surface area is 122 Å². The molecule has 0 radical (unpaired) electrons. The minimum Gasteiger partial charge on any atom is -0.381 e. The topological polar surface area (TPSA) is 47.0 Å². The highest BCUT2D eigenvalue weighted by Crippen LogP contribution is 2.26. The van der Waals surface area contributed by atoms with Crippen LogP contribution in [0.1, 0.15) is 70.3 Å². The third-order valence-corrected chi connectivity index (χ3v) is 3.94. The Bertz CT molecular complexity index is 419. The SMILES string of the molecule is COC1CCC(Nc2cc(C(C)C)nc(C(C)C)n2)C1. The van der Waals surface area contributed by atoms with Gasteiger partial charge in [-0.3, -0.25) is 0 Å². The minimum atomic E-state index is 0.351. The van der Waals surface area contributed by atoms with Crippen LogP contribution in [0.25, 0.3) is 0 Å². The molecule has 0 aliphatic heterocycles. The van der Waals surface area contributed by atoms with Gasteiger partial charge in [-0.05, 0) is 25.2 Å². The molecule has 4 nitrogen and oxygen atoms in total. The molecule has 1 fully saturated rings. The minimum absolute atomic E-state index is 0.351. The molecule has 20 heavy (non-hydrogen) atoms. The van der Waals surface area contributed by atoms with Crippen molar-refractivity contribution in [2.24, 2.45) is 0 Å². The summed E-state index contributed by atoms with van der Waals surface area (Å²) in [6.45, 7) is 8.62. The van der Waals surface area contributed by atoms with Gasteiger partial charge in [-0.2, -0.15) is 0 Å². The van der Waals surface area contributed by atoms with E-state index in [4.69, 9.17) is 4.74 Å². The molecule has 0 bridgehead atoms. The molecule has 1 aromatic heterocycles. The lowest BCUT2D eigenvalue weighted by Crippen LogP contribution is -2.19. The predicted molar refractivity (Wildman–Crippen MR) is 82.3 cm³/mol. The van der Waals surface area contributed by atoms with E-state index in [-0.39, 0.29) is 0 Å². The summed E-state index contributed by atoms with van der Waals surface area (Å²) in [4.78, 5) is 9.33. The molecule has 0 aromatic carbocycles. The average molecular weight is 277 g/mol. The van der Waals surface area contributed by atoms with Crippen LogP contribution in [0, 0.1) is 0 Å². The van der Waals surface area contributed by atoms with Crippen LogP contribution in [0.3, 0.4) is 0 Å². The molecule has 0 amide bonds. The standard InChI is InChI=1S/C16H27N3O/c1-10(2)14-9-15(19-16(18-14)11(3)4)17-12-6-7-13(8-12)20-5/h9-13H,6-8H2,1-5H3,(H,17,18,19). The van der Waals surface area contributed by atoms with Gasteiger partial charge in [0.15, 0.2) is 0 Å². The van der Waals surface area contributed by atoms with E-state index >= 15 is 0 Å². The van der Waals surface area contributed by atoms with Crippen molar-refractivity contribution in [2.45, 2.75) is 70.9 Å². The summed E-state index contributed by atoms with van der Waals surface area (Å²) in [6.07, 6.45) is 3.74. The van der Waals surface area contributed by atoms with Gasteiger partial charge >= 0.3 is 0 Å². The van der Waals surface area contributed by atoms with Crippen molar-refractivity contribution in [2.75, 3.05) is 12.4 Å². The first-order chi connectivity index (χ1) is 9.49. The number of rotatable bonds is 5. The molecule has 2 unspecified atom stereocenters. The van der Waals surface area contributed by atoms with Gasteiger partial charge in [0.05, 0.1) is 6.10 Å². The summed E-state index contributed by atoms with van der Waals surface area (Å²) in [5.74, 6) is 2.67. The van der Waals surface area contributed by atoms with Crippen LogP contribution >= 0.6 is 0 Å². The first kappa shape index (κ1) is 15.2. The monoisotopic (exact) mass is 277 g/mol. The lowest BCUT2D eigenvalue weighted by molar-refractivity contribution is 0.108. The van der Waals surface area contributed by atoms with E-state index in [1.54, 1.807) is 7.11 Å². The van der Waals surface area contributed by atoms with Gasteiger partial charge in [0.1, 0.15) is 11.6 Å². The summed E-state index contributed by atoms with van der Waals surface area (Å²) < 4.78 is 5.43. The third kappa shape index (κ3) is 3.69. The van der Waals surface area contributed by atoms with E-state index < -0.39 is 0 Å². The molecule has 0 saturated heterocycles. The molecule has 2 atom stereocenters. The fourth-order valence-electron chi connectivity index (χ4n) is 2.61. The first-order valence-corrected chi connectivity index (χ1v) is 7.67. The largest absolute Gasteiger partial charge is 0.381 e. The Morgan fingerprint density at radius 3 is 2.45 bits per heavy atom. The lowest BCUT2D eigenvalue weighted by Gasteiger charge is -2.17. The molecule has 1 saturated carbocycles. The van der Waals surface area contributed by atoms with Crippen molar-refractivity contribution in [3.05, 3.63) is 17.6 Å². The fraction of sp³-hybridized carbons (Fsp3) is 0.750. The maximum atomic E-state index is 5.43.